The van der Waals surface area contributed by atoms with Crippen LogP contribution in [0, 0.1) is 9.39 Å². The zero-order chi connectivity index (χ0) is 20.5. The van der Waals surface area contributed by atoms with Gasteiger partial charge in [0.05, 0.1) is 11.3 Å². The fourth-order valence-corrected chi connectivity index (χ4v) is 4.28. The number of fused-ring (bicyclic) bond motifs is 3. The third kappa shape index (κ3) is 3.69. The molecule has 4 rings (SSSR count). The van der Waals surface area contributed by atoms with Gasteiger partial charge in [-0.1, -0.05) is 48.5 Å². The molecule has 0 unspecified atom stereocenters. The van der Waals surface area contributed by atoms with Gasteiger partial charge in [0, 0.05) is 9.49 Å². The average Bonchev–Trinajstić information content (AvgIpc) is 3.03. The van der Waals surface area contributed by atoms with E-state index >= 15 is 0 Å². The number of amides is 1. The maximum Gasteiger partial charge on any atom is 0.411 e. The molecule has 1 amide bonds. The molecule has 0 saturated heterocycles. The maximum absolute atomic E-state index is 14.2. The fourth-order valence-electron chi connectivity index (χ4n) is 3.55. The second-order valence-electron chi connectivity index (χ2n) is 6.57. The van der Waals surface area contributed by atoms with Gasteiger partial charge in [-0.2, -0.15) is 0 Å². The third-order valence-electron chi connectivity index (χ3n) is 4.86. The molecule has 3 aromatic rings. The first-order chi connectivity index (χ1) is 14.0. The van der Waals surface area contributed by atoms with Crippen LogP contribution in [0.4, 0.5) is 14.9 Å². The highest BCUT2D eigenvalue weighted by atomic mass is 127. The Hall–Kier alpha value is -2.94. The zero-order valence-electron chi connectivity index (χ0n) is 15.0. The molecule has 1 aliphatic rings. The summed E-state index contributed by atoms with van der Waals surface area (Å²) in [7, 11) is 0. The van der Waals surface area contributed by atoms with E-state index in [0.717, 1.165) is 28.3 Å². The number of hydrogen-bond donors (Lipinski definition) is 2. The van der Waals surface area contributed by atoms with E-state index in [4.69, 9.17) is 9.84 Å². The van der Waals surface area contributed by atoms with Gasteiger partial charge in [-0.15, -0.1) is 0 Å². The van der Waals surface area contributed by atoms with Crippen LogP contribution in [0.3, 0.4) is 0 Å². The summed E-state index contributed by atoms with van der Waals surface area (Å²) in [5, 5.41) is 11.4. The van der Waals surface area contributed by atoms with E-state index in [-0.39, 0.29) is 27.3 Å². The first-order valence-electron chi connectivity index (χ1n) is 8.80. The van der Waals surface area contributed by atoms with E-state index in [1.165, 1.54) is 6.07 Å². The van der Waals surface area contributed by atoms with Crippen molar-refractivity contribution in [2.24, 2.45) is 0 Å². The fraction of sp³-hybridized carbons (Fsp3) is 0.0909. The van der Waals surface area contributed by atoms with Gasteiger partial charge >= 0.3 is 12.1 Å². The van der Waals surface area contributed by atoms with Crippen molar-refractivity contribution in [3.05, 3.63) is 86.7 Å². The second-order valence-corrected chi connectivity index (χ2v) is 7.73. The molecule has 0 fully saturated rings. The van der Waals surface area contributed by atoms with Crippen LogP contribution in [-0.2, 0) is 4.74 Å². The summed E-state index contributed by atoms with van der Waals surface area (Å²) in [4.78, 5) is 23.3. The summed E-state index contributed by atoms with van der Waals surface area (Å²) in [6.45, 7) is 0.102. The standard InChI is InChI=1S/C22H15FINO4/c23-18-9-12(21(26)27)10-19(24)20(18)25-22(28)29-11-17-15-7-3-1-5-13(15)14-6-2-4-8-16(14)17/h1-10,17H,11H2,(H,25,28)(H,26,27). The van der Waals surface area contributed by atoms with Crippen LogP contribution in [0.5, 0.6) is 0 Å². The average molecular weight is 503 g/mol. The smallest absolute Gasteiger partial charge is 0.411 e. The topological polar surface area (TPSA) is 75.6 Å². The largest absolute Gasteiger partial charge is 0.478 e. The van der Waals surface area contributed by atoms with Crippen molar-refractivity contribution < 1.29 is 23.8 Å². The molecule has 2 N–H and O–H groups in total. The van der Waals surface area contributed by atoms with Gasteiger partial charge in [0.25, 0.3) is 0 Å². The molecule has 7 heteroatoms. The van der Waals surface area contributed by atoms with Gasteiger partial charge < -0.3 is 9.84 Å². The predicted molar refractivity (Wildman–Crippen MR) is 115 cm³/mol. The molecule has 5 nitrogen and oxygen atoms in total. The lowest BCUT2D eigenvalue weighted by Crippen LogP contribution is -2.19. The first-order valence-corrected chi connectivity index (χ1v) is 9.88. The van der Waals surface area contributed by atoms with Crippen molar-refractivity contribution in [1.82, 2.24) is 0 Å². The van der Waals surface area contributed by atoms with E-state index < -0.39 is 17.9 Å². The van der Waals surface area contributed by atoms with E-state index in [9.17, 15) is 14.0 Å². The number of carbonyl (C=O) groups is 2. The predicted octanol–water partition coefficient (Wildman–Crippen LogP) is 5.49. The highest BCUT2D eigenvalue weighted by Gasteiger charge is 2.29. The Morgan fingerprint density at radius 2 is 1.62 bits per heavy atom. The SMILES string of the molecule is O=C(Nc1c(F)cc(C(=O)O)cc1I)OCC1c2ccccc2-c2ccccc21. The minimum Gasteiger partial charge on any atom is -0.478 e. The van der Waals surface area contributed by atoms with Gasteiger partial charge in [0.1, 0.15) is 12.4 Å². The van der Waals surface area contributed by atoms with Crippen molar-refractivity contribution in [3.63, 3.8) is 0 Å². The number of halogens is 2. The monoisotopic (exact) mass is 503 g/mol. The minimum atomic E-state index is -1.24. The van der Waals surface area contributed by atoms with Crippen LogP contribution in [0.1, 0.15) is 27.4 Å². The molecule has 0 spiro atoms. The number of aromatic carboxylic acids is 1. The first kappa shape index (κ1) is 19.4. The normalized spacial score (nSPS) is 12.2. The Balaban J connectivity index is 1.51. The number of carbonyl (C=O) groups excluding carboxylic acids is 1. The summed E-state index contributed by atoms with van der Waals surface area (Å²) >= 11 is 1.77. The molecule has 0 aromatic heterocycles. The van der Waals surface area contributed by atoms with Crippen LogP contribution >= 0.6 is 22.6 Å². The van der Waals surface area contributed by atoms with Crippen molar-refractivity contribution in [3.8, 4) is 11.1 Å². The number of carboxylic acids is 1. The highest BCUT2D eigenvalue weighted by molar-refractivity contribution is 14.1. The maximum atomic E-state index is 14.2. The minimum absolute atomic E-state index is 0.102. The Morgan fingerprint density at radius 1 is 1.03 bits per heavy atom. The summed E-state index contributed by atoms with van der Waals surface area (Å²) in [6.07, 6.45) is -0.799. The van der Waals surface area contributed by atoms with Gasteiger partial charge in [-0.05, 0) is 57.0 Å². The molecule has 0 heterocycles. The quantitative estimate of drug-likeness (QED) is 0.462. The molecule has 0 radical (unpaired) electrons. The van der Waals surface area contributed by atoms with Gasteiger partial charge in [-0.3, -0.25) is 5.32 Å². The van der Waals surface area contributed by atoms with Gasteiger partial charge in [-0.25, -0.2) is 14.0 Å². The lowest BCUT2D eigenvalue weighted by Gasteiger charge is -2.15. The number of rotatable bonds is 4. The summed E-state index contributed by atoms with van der Waals surface area (Å²) < 4.78 is 19.9. The molecule has 146 valence electrons. The lowest BCUT2D eigenvalue weighted by molar-refractivity contribution is 0.0696. The summed E-state index contributed by atoms with van der Waals surface area (Å²) in [5.41, 5.74) is 4.09. The molecular weight excluding hydrogens is 488 g/mol. The zero-order valence-corrected chi connectivity index (χ0v) is 17.1. The Bertz CT molecular complexity index is 1060. The van der Waals surface area contributed by atoms with Crippen LogP contribution in [0.15, 0.2) is 60.7 Å². The summed E-state index contributed by atoms with van der Waals surface area (Å²) in [5.74, 6) is -2.18. The van der Waals surface area contributed by atoms with Crippen LogP contribution in [0.2, 0.25) is 0 Å². The van der Waals surface area contributed by atoms with E-state index in [0.29, 0.717) is 0 Å². The molecule has 0 bridgehead atoms. The molecule has 0 saturated carbocycles. The number of carboxylic acid groups (broad SMARTS) is 1. The van der Waals surface area contributed by atoms with Crippen molar-refractivity contribution in [2.45, 2.75) is 5.92 Å². The van der Waals surface area contributed by atoms with E-state index in [2.05, 4.69) is 5.32 Å². The molecule has 0 atom stereocenters. The molecule has 0 aliphatic heterocycles. The summed E-state index contributed by atoms with van der Waals surface area (Å²) in [6, 6.07) is 18.1. The molecule has 3 aromatic carbocycles. The van der Waals surface area contributed by atoms with Gasteiger partial charge in [0.15, 0.2) is 0 Å². The molecular formula is C22H15FINO4. The Morgan fingerprint density at radius 3 is 2.17 bits per heavy atom. The van der Waals surface area contributed by atoms with Crippen molar-refractivity contribution in [2.75, 3.05) is 11.9 Å². The van der Waals surface area contributed by atoms with Crippen LogP contribution in [0.25, 0.3) is 11.1 Å². The van der Waals surface area contributed by atoms with Crippen LogP contribution in [-0.4, -0.2) is 23.8 Å². The van der Waals surface area contributed by atoms with Crippen molar-refractivity contribution in [1.29, 1.82) is 0 Å². The number of nitrogens with one attached hydrogen (secondary N) is 1. The van der Waals surface area contributed by atoms with E-state index in [1.54, 1.807) is 22.6 Å². The number of benzene rings is 3. The Kier molecular flexibility index (Phi) is 5.23. The highest BCUT2D eigenvalue weighted by Crippen LogP contribution is 2.44. The van der Waals surface area contributed by atoms with Crippen LogP contribution < -0.4 is 5.32 Å². The molecule has 1 aliphatic carbocycles. The van der Waals surface area contributed by atoms with Crippen molar-refractivity contribution >= 4 is 40.3 Å². The Labute approximate surface area is 179 Å². The second kappa shape index (κ2) is 7.82. The number of anilines is 1. The third-order valence-corrected chi connectivity index (χ3v) is 5.71. The van der Waals surface area contributed by atoms with E-state index in [1.807, 2.05) is 48.5 Å². The van der Waals surface area contributed by atoms with Gasteiger partial charge in [0.2, 0.25) is 0 Å². The number of hydrogen-bond acceptors (Lipinski definition) is 3. The molecule has 29 heavy (non-hydrogen) atoms. The lowest BCUT2D eigenvalue weighted by atomic mass is 9.98. The number of ether oxygens (including phenoxy) is 1.